The van der Waals surface area contributed by atoms with Crippen LogP contribution in [-0.2, 0) is 11.3 Å². The molecule has 174 valence electrons. The Morgan fingerprint density at radius 3 is 2.77 bits per heavy atom. The molecule has 0 aliphatic carbocycles. The molecule has 5 aromatic rings. The monoisotopic (exact) mass is 466 g/mol. The number of hydrogen-bond donors (Lipinski definition) is 1. The fourth-order valence-corrected chi connectivity index (χ4v) is 4.26. The van der Waals surface area contributed by atoms with Gasteiger partial charge in [-0.2, -0.15) is 4.98 Å². The van der Waals surface area contributed by atoms with Gasteiger partial charge in [-0.05, 0) is 48.9 Å². The van der Waals surface area contributed by atoms with E-state index < -0.39 is 0 Å². The van der Waals surface area contributed by atoms with E-state index in [1.54, 1.807) is 25.4 Å². The van der Waals surface area contributed by atoms with Crippen molar-refractivity contribution in [2.45, 2.75) is 26.3 Å². The van der Waals surface area contributed by atoms with E-state index in [-0.39, 0.29) is 5.91 Å². The molecule has 1 aliphatic rings. The number of H-pyrrole nitrogens is 1. The molecule has 0 bridgehead atoms. The Morgan fingerprint density at radius 2 is 2.06 bits per heavy atom. The summed E-state index contributed by atoms with van der Waals surface area (Å²) in [6.45, 7) is 2.97. The molecule has 5 heterocycles. The molecule has 1 aromatic carbocycles. The molecule has 0 radical (unpaired) electrons. The lowest BCUT2D eigenvalue weighted by atomic mass is 10.1. The molecule has 35 heavy (non-hydrogen) atoms. The molecule has 9 nitrogen and oxygen atoms in total. The van der Waals surface area contributed by atoms with Crippen molar-refractivity contribution in [1.82, 2.24) is 30.0 Å². The van der Waals surface area contributed by atoms with Crippen LogP contribution in [-0.4, -0.2) is 42.4 Å². The number of rotatable bonds is 6. The number of nitrogens with zero attached hydrogens (tertiary/aromatic N) is 5. The second-order valence-electron chi connectivity index (χ2n) is 8.48. The first kappa shape index (κ1) is 21.0. The highest BCUT2D eigenvalue weighted by molar-refractivity contribution is 5.87. The van der Waals surface area contributed by atoms with Crippen LogP contribution < -0.4 is 4.74 Å². The zero-order valence-electron chi connectivity index (χ0n) is 19.1. The van der Waals surface area contributed by atoms with Gasteiger partial charge in [0.15, 0.2) is 0 Å². The zero-order chi connectivity index (χ0) is 23.8. The first-order valence-electron chi connectivity index (χ1n) is 11.4. The third-order valence-corrected chi connectivity index (χ3v) is 6.00. The van der Waals surface area contributed by atoms with E-state index in [2.05, 4.69) is 31.2 Å². The maximum Gasteiger partial charge on any atom is 0.223 e. The van der Waals surface area contributed by atoms with Crippen LogP contribution in [0.2, 0.25) is 0 Å². The van der Waals surface area contributed by atoms with Crippen LogP contribution in [0.1, 0.15) is 24.3 Å². The van der Waals surface area contributed by atoms with E-state index in [0.717, 1.165) is 40.8 Å². The van der Waals surface area contributed by atoms with Crippen LogP contribution in [0.4, 0.5) is 0 Å². The Labute approximate surface area is 200 Å². The van der Waals surface area contributed by atoms with Gasteiger partial charge in [-0.25, -0.2) is 4.98 Å². The highest BCUT2D eigenvalue weighted by Gasteiger charge is 2.22. The van der Waals surface area contributed by atoms with E-state index in [4.69, 9.17) is 9.26 Å². The van der Waals surface area contributed by atoms with Gasteiger partial charge in [0.05, 0.1) is 17.6 Å². The Hall–Kier alpha value is -4.53. The van der Waals surface area contributed by atoms with Crippen molar-refractivity contribution in [2.75, 3.05) is 6.54 Å². The first-order valence-corrected chi connectivity index (χ1v) is 11.4. The standard InChI is InChI=1S/C26H22N6O3/c1-16-29-26(31-35-16)21-8-7-19(14-28-21)34-24-13-17-11-23(20-5-2-3-9-27-20)30-22(17)12-18(24)15-32-10-4-6-25(32)33/h2-3,5,7-9,11-14,30H,4,6,10,15H2,1H3. The van der Waals surface area contributed by atoms with Crippen molar-refractivity contribution in [1.29, 1.82) is 0 Å². The average molecular weight is 467 g/mol. The van der Waals surface area contributed by atoms with Crippen molar-refractivity contribution < 1.29 is 14.1 Å². The molecule has 0 atom stereocenters. The molecule has 6 rings (SSSR count). The van der Waals surface area contributed by atoms with Crippen LogP contribution in [0.15, 0.2) is 65.4 Å². The lowest BCUT2D eigenvalue weighted by Crippen LogP contribution is -2.24. The lowest BCUT2D eigenvalue weighted by Gasteiger charge is -2.18. The highest BCUT2D eigenvalue weighted by atomic mass is 16.5. The van der Waals surface area contributed by atoms with Gasteiger partial charge in [0.25, 0.3) is 0 Å². The van der Waals surface area contributed by atoms with Gasteiger partial charge in [0, 0.05) is 49.1 Å². The number of aryl methyl sites for hydroxylation is 1. The van der Waals surface area contributed by atoms with Crippen LogP contribution in [0.25, 0.3) is 33.8 Å². The second-order valence-corrected chi connectivity index (χ2v) is 8.48. The van der Waals surface area contributed by atoms with Gasteiger partial charge in [-0.3, -0.25) is 9.78 Å². The van der Waals surface area contributed by atoms with Gasteiger partial charge in [0.1, 0.15) is 17.2 Å². The number of hydrogen-bond acceptors (Lipinski definition) is 7. The minimum atomic E-state index is 0.165. The van der Waals surface area contributed by atoms with Crippen LogP contribution in [0.5, 0.6) is 11.5 Å². The molecule has 0 saturated carbocycles. The molecule has 1 aliphatic heterocycles. The van der Waals surface area contributed by atoms with Crippen molar-refractivity contribution >= 4 is 16.8 Å². The third-order valence-electron chi connectivity index (χ3n) is 6.00. The number of carbonyl (C=O) groups is 1. The molecule has 0 unspecified atom stereocenters. The molecular weight excluding hydrogens is 444 g/mol. The van der Waals surface area contributed by atoms with E-state index in [1.807, 2.05) is 41.3 Å². The summed E-state index contributed by atoms with van der Waals surface area (Å²) in [6, 6.07) is 15.5. The normalized spacial score (nSPS) is 13.6. The summed E-state index contributed by atoms with van der Waals surface area (Å²) in [7, 11) is 0. The maximum absolute atomic E-state index is 12.3. The smallest absolute Gasteiger partial charge is 0.223 e. The minimum Gasteiger partial charge on any atom is -0.455 e. The van der Waals surface area contributed by atoms with E-state index in [9.17, 15) is 4.79 Å². The predicted octanol–water partition coefficient (Wildman–Crippen LogP) is 4.90. The third kappa shape index (κ3) is 4.23. The van der Waals surface area contributed by atoms with Gasteiger partial charge in [0.2, 0.25) is 17.6 Å². The number of amides is 1. The molecule has 1 amide bonds. The number of aromatic nitrogens is 5. The molecule has 1 N–H and O–H groups in total. The Bertz CT molecular complexity index is 1510. The van der Waals surface area contributed by atoms with E-state index >= 15 is 0 Å². The largest absolute Gasteiger partial charge is 0.455 e. The van der Waals surface area contributed by atoms with Crippen LogP contribution in [0.3, 0.4) is 0 Å². The molecule has 9 heteroatoms. The topological polar surface area (TPSA) is 110 Å². The fourth-order valence-electron chi connectivity index (χ4n) is 4.26. The fraction of sp³-hybridized carbons (Fsp3) is 0.192. The molecule has 1 saturated heterocycles. The number of nitrogens with one attached hydrogen (secondary N) is 1. The number of pyridine rings is 2. The molecule has 1 fully saturated rings. The second kappa shape index (κ2) is 8.68. The molecule has 4 aromatic heterocycles. The summed E-state index contributed by atoms with van der Waals surface area (Å²) in [4.78, 5) is 30.7. The Balaban J connectivity index is 1.35. The number of benzene rings is 1. The maximum atomic E-state index is 12.3. The summed E-state index contributed by atoms with van der Waals surface area (Å²) in [5, 5.41) is 4.89. The summed E-state index contributed by atoms with van der Waals surface area (Å²) in [6.07, 6.45) is 4.87. The van der Waals surface area contributed by atoms with E-state index in [0.29, 0.717) is 41.9 Å². The number of carbonyl (C=O) groups excluding carboxylic acids is 1. The molecule has 0 spiro atoms. The van der Waals surface area contributed by atoms with Crippen molar-refractivity contribution in [2.24, 2.45) is 0 Å². The number of fused-ring (bicyclic) bond motifs is 1. The average Bonchev–Trinajstić information content (AvgIpc) is 3.60. The zero-order valence-corrected chi connectivity index (χ0v) is 19.1. The summed E-state index contributed by atoms with van der Waals surface area (Å²) in [5.41, 5.74) is 4.25. The SMILES string of the molecule is Cc1nc(-c2ccc(Oc3cc4cc(-c5ccccn5)[nH]c4cc3CN3CCCC3=O)cn2)no1. The van der Waals surface area contributed by atoms with Crippen molar-refractivity contribution in [3.05, 3.63) is 72.4 Å². The van der Waals surface area contributed by atoms with Gasteiger partial charge < -0.3 is 19.1 Å². The van der Waals surface area contributed by atoms with Crippen LogP contribution in [0, 0.1) is 6.92 Å². The quantitative estimate of drug-likeness (QED) is 0.379. The highest BCUT2D eigenvalue weighted by Crippen LogP contribution is 2.34. The summed E-state index contributed by atoms with van der Waals surface area (Å²) >= 11 is 0. The number of likely N-dealkylation sites (tertiary alicyclic amines) is 1. The van der Waals surface area contributed by atoms with Crippen LogP contribution >= 0.6 is 0 Å². The summed E-state index contributed by atoms with van der Waals surface area (Å²) < 4.78 is 11.3. The lowest BCUT2D eigenvalue weighted by molar-refractivity contribution is -0.128. The minimum absolute atomic E-state index is 0.165. The van der Waals surface area contributed by atoms with Crippen molar-refractivity contribution in [3.63, 3.8) is 0 Å². The van der Waals surface area contributed by atoms with Crippen molar-refractivity contribution in [3.8, 4) is 34.4 Å². The van der Waals surface area contributed by atoms with Gasteiger partial charge >= 0.3 is 0 Å². The summed E-state index contributed by atoms with van der Waals surface area (Å²) in [5.74, 6) is 2.32. The van der Waals surface area contributed by atoms with Gasteiger partial charge in [-0.15, -0.1) is 0 Å². The molecular formula is C26H22N6O3. The van der Waals surface area contributed by atoms with E-state index in [1.165, 1.54) is 0 Å². The Kier molecular flexibility index (Phi) is 5.21. The first-order chi connectivity index (χ1) is 17.1. The number of aromatic amines is 1. The predicted molar refractivity (Wildman–Crippen MR) is 129 cm³/mol. The van der Waals surface area contributed by atoms with Gasteiger partial charge in [-0.1, -0.05) is 11.2 Å². The number of ether oxygens (including phenoxy) is 1. The Morgan fingerprint density at radius 1 is 1.11 bits per heavy atom.